The van der Waals surface area contributed by atoms with Crippen molar-refractivity contribution in [3.8, 4) is 0 Å². The van der Waals surface area contributed by atoms with Gasteiger partial charge in [-0.15, -0.1) is 0 Å². The number of nitrogens with zero attached hydrogens (tertiary/aromatic N) is 3. The third kappa shape index (κ3) is 4.37. The van der Waals surface area contributed by atoms with Gasteiger partial charge in [0.1, 0.15) is 5.69 Å². The molecule has 0 bridgehead atoms. The Morgan fingerprint density at radius 1 is 1.21 bits per heavy atom. The van der Waals surface area contributed by atoms with Crippen molar-refractivity contribution >= 4 is 17.2 Å². The number of aliphatic hydroxyl groups is 1. The van der Waals surface area contributed by atoms with Crippen LogP contribution < -0.4 is 4.90 Å². The van der Waals surface area contributed by atoms with Gasteiger partial charge in [-0.05, 0) is 26.0 Å². The van der Waals surface area contributed by atoms with Crippen LogP contribution in [0.5, 0.6) is 0 Å². The molecular weight excluding hydrogens is 358 g/mol. The van der Waals surface area contributed by atoms with E-state index >= 15 is 0 Å². The number of anilines is 1. The quantitative estimate of drug-likeness (QED) is 0.469. The van der Waals surface area contributed by atoms with Crippen molar-refractivity contribution in [3.63, 3.8) is 0 Å². The van der Waals surface area contributed by atoms with Crippen LogP contribution in [0.3, 0.4) is 0 Å². The van der Waals surface area contributed by atoms with Crippen molar-refractivity contribution in [1.82, 2.24) is 4.90 Å². The first-order valence-corrected chi connectivity index (χ1v) is 9.42. The molecule has 0 saturated carbocycles. The predicted octanol–water partition coefficient (Wildman–Crippen LogP) is 2.72. The second-order valence-electron chi connectivity index (χ2n) is 7.31. The van der Waals surface area contributed by atoms with Gasteiger partial charge in [0.05, 0.1) is 11.0 Å². The molecule has 1 fully saturated rings. The van der Waals surface area contributed by atoms with Gasteiger partial charge < -0.3 is 10.0 Å². The molecule has 2 atom stereocenters. The number of carbonyl (C=O) groups excluding carboxylic acids is 1. The fourth-order valence-corrected chi connectivity index (χ4v) is 3.74. The Morgan fingerprint density at radius 3 is 2.54 bits per heavy atom. The van der Waals surface area contributed by atoms with Crippen molar-refractivity contribution in [2.24, 2.45) is 0 Å². The van der Waals surface area contributed by atoms with Crippen LogP contribution in [-0.4, -0.2) is 59.0 Å². The molecule has 2 unspecified atom stereocenters. The largest absolute Gasteiger partial charge is 0.392 e. The SMILES string of the molecule is CC(O)CN1CCN(c2ccc(C(=O)c3ccccc3)cc2[N+](=O)[O-])C(C)C1. The lowest BCUT2D eigenvalue weighted by Gasteiger charge is -2.41. The van der Waals surface area contributed by atoms with Crippen molar-refractivity contribution < 1.29 is 14.8 Å². The van der Waals surface area contributed by atoms with E-state index in [-0.39, 0.29) is 17.5 Å². The van der Waals surface area contributed by atoms with E-state index in [0.29, 0.717) is 36.4 Å². The zero-order valence-corrected chi connectivity index (χ0v) is 16.1. The lowest BCUT2D eigenvalue weighted by atomic mass is 10.0. The van der Waals surface area contributed by atoms with E-state index in [1.165, 1.54) is 6.07 Å². The zero-order chi connectivity index (χ0) is 20.3. The average Bonchev–Trinajstić information content (AvgIpc) is 2.67. The molecule has 7 nitrogen and oxygen atoms in total. The average molecular weight is 383 g/mol. The molecule has 1 N–H and O–H groups in total. The van der Waals surface area contributed by atoms with Crippen LogP contribution in [0.4, 0.5) is 11.4 Å². The number of aliphatic hydroxyl groups excluding tert-OH is 1. The maximum atomic E-state index is 12.7. The molecule has 0 spiro atoms. The van der Waals surface area contributed by atoms with Gasteiger partial charge in [-0.1, -0.05) is 30.3 Å². The van der Waals surface area contributed by atoms with E-state index in [1.54, 1.807) is 43.3 Å². The van der Waals surface area contributed by atoms with Crippen LogP contribution in [0, 0.1) is 10.1 Å². The van der Waals surface area contributed by atoms with Crippen LogP contribution in [0.1, 0.15) is 29.8 Å². The van der Waals surface area contributed by atoms with Gasteiger partial charge in [-0.2, -0.15) is 0 Å². The minimum absolute atomic E-state index is 0.0573. The maximum Gasteiger partial charge on any atom is 0.293 e. The third-order valence-electron chi connectivity index (χ3n) is 5.01. The van der Waals surface area contributed by atoms with E-state index in [0.717, 1.165) is 6.54 Å². The number of benzene rings is 2. The fraction of sp³-hybridized carbons (Fsp3) is 0.381. The van der Waals surface area contributed by atoms with E-state index in [4.69, 9.17) is 0 Å². The Balaban J connectivity index is 1.86. The molecule has 28 heavy (non-hydrogen) atoms. The summed E-state index contributed by atoms with van der Waals surface area (Å²) in [6.45, 7) is 6.42. The highest BCUT2D eigenvalue weighted by Crippen LogP contribution is 2.32. The first kappa shape index (κ1) is 20.0. The number of β-amino-alcohol motifs (C(OH)–C–C–N with tert-alkyl or cyclic N) is 1. The summed E-state index contributed by atoms with van der Waals surface area (Å²) in [5.74, 6) is -0.231. The lowest BCUT2D eigenvalue weighted by molar-refractivity contribution is -0.384. The molecule has 1 saturated heterocycles. The molecule has 0 aliphatic carbocycles. The number of nitro groups is 1. The minimum Gasteiger partial charge on any atom is -0.392 e. The Kier molecular flexibility index (Phi) is 6.06. The molecule has 2 aromatic rings. The van der Waals surface area contributed by atoms with Crippen LogP contribution in [0.2, 0.25) is 0 Å². The predicted molar refractivity (Wildman–Crippen MR) is 108 cm³/mol. The number of hydrogen-bond acceptors (Lipinski definition) is 6. The van der Waals surface area contributed by atoms with Gasteiger partial charge in [0.2, 0.25) is 0 Å². The van der Waals surface area contributed by atoms with Crippen LogP contribution in [-0.2, 0) is 0 Å². The van der Waals surface area contributed by atoms with Crippen LogP contribution >= 0.6 is 0 Å². The Labute approximate surface area is 164 Å². The highest BCUT2D eigenvalue weighted by atomic mass is 16.6. The van der Waals surface area contributed by atoms with Gasteiger partial charge in [0.15, 0.2) is 5.78 Å². The number of ketones is 1. The second kappa shape index (κ2) is 8.50. The summed E-state index contributed by atoms with van der Waals surface area (Å²) in [7, 11) is 0. The summed E-state index contributed by atoms with van der Waals surface area (Å²) in [6.07, 6.45) is -0.406. The molecule has 0 amide bonds. The van der Waals surface area contributed by atoms with Crippen molar-refractivity contribution in [2.45, 2.75) is 26.0 Å². The topological polar surface area (TPSA) is 86.9 Å². The molecule has 2 aromatic carbocycles. The molecule has 7 heteroatoms. The van der Waals surface area contributed by atoms with Crippen molar-refractivity contribution in [3.05, 3.63) is 69.8 Å². The number of nitro benzene ring substituents is 1. The summed E-state index contributed by atoms with van der Waals surface area (Å²) in [6, 6.07) is 13.5. The zero-order valence-electron chi connectivity index (χ0n) is 16.1. The van der Waals surface area contributed by atoms with Crippen molar-refractivity contribution in [2.75, 3.05) is 31.1 Å². The summed E-state index contributed by atoms with van der Waals surface area (Å²) < 4.78 is 0. The van der Waals surface area contributed by atoms with Gasteiger partial charge in [0, 0.05) is 49.4 Å². The monoisotopic (exact) mass is 383 g/mol. The Hall–Kier alpha value is -2.77. The molecular formula is C21H25N3O4. The number of hydrogen-bond donors (Lipinski definition) is 1. The normalized spacial score (nSPS) is 18.7. The third-order valence-corrected chi connectivity index (χ3v) is 5.01. The summed E-state index contributed by atoms with van der Waals surface area (Å²) in [4.78, 5) is 28.1. The van der Waals surface area contributed by atoms with E-state index in [1.807, 2.05) is 17.9 Å². The van der Waals surface area contributed by atoms with Gasteiger partial charge in [0.25, 0.3) is 5.69 Å². The molecule has 148 valence electrons. The molecule has 0 radical (unpaired) electrons. The molecule has 1 aliphatic heterocycles. The highest BCUT2D eigenvalue weighted by Gasteiger charge is 2.29. The van der Waals surface area contributed by atoms with Crippen LogP contribution in [0.15, 0.2) is 48.5 Å². The highest BCUT2D eigenvalue weighted by molar-refractivity contribution is 6.09. The Bertz CT molecular complexity index is 854. The van der Waals surface area contributed by atoms with Crippen molar-refractivity contribution in [1.29, 1.82) is 0 Å². The molecule has 1 aliphatic rings. The molecule has 0 aromatic heterocycles. The summed E-state index contributed by atoms with van der Waals surface area (Å²) in [5, 5.41) is 21.3. The van der Waals surface area contributed by atoms with E-state index < -0.39 is 11.0 Å². The first-order chi connectivity index (χ1) is 13.4. The first-order valence-electron chi connectivity index (χ1n) is 9.42. The maximum absolute atomic E-state index is 12.7. The molecule has 3 rings (SSSR count). The standard InChI is InChI=1S/C21H25N3O4/c1-15-13-22(14-16(2)25)10-11-23(15)19-9-8-18(12-20(19)24(27)28)21(26)17-6-4-3-5-7-17/h3-9,12,15-16,25H,10-11,13-14H2,1-2H3. The lowest BCUT2D eigenvalue weighted by Crippen LogP contribution is -2.53. The molecule has 1 heterocycles. The van der Waals surface area contributed by atoms with Crippen LogP contribution in [0.25, 0.3) is 0 Å². The summed E-state index contributed by atoms with van der Waals surface area (Å²) in [5.41, 5.74) is 1.28. The smallest absolute Gasteiger partial charge is 0.293 e. The number of carbonyl (C=O) groups is 1. The minimum atomic E-state index is -0.425. The van der Waals surface area contributed by atoms with Gasteiger partial charge >= 0.3 is 0 Å². The number of rotatable bonds is 6. The number of piperazine rings is 1. The van der Waals surface area contributed by atoms with E-state index in [9.17, 15) is 20.0 Å². The fourth-order valence-electron chi connectivity index (χ4n) is 3.74. The van der Waals surface area contributed by atoms with E-state index in [2.05, 4.69) is 4.90 Å². The second-order valence-corrected chi connectivity index (χ2v) is 7.31. The van der Waals surface area contributed by atoms with Gasteiger partial charge in [-0.3, -0.25) is 19.8 Å². The summed E-state index contributed by atoms with van der Waals surface area (Å²) >= 11 is 0. The van der Waals surface area contributed by atoms with Gasteiger partial charge in [-0.25, -0.2) is 0 Å². The Morgan fingerprint density at radius 2 is 1.93 bits per heavy atom.